The molecule has 0 aromatic carbocycles. The predicted octanol–water partition coefficient (Wildman–Crippen LogP) is 3.17. The number of pyridine rings is 1. The van der Waals surface area contributed by atoms with E-state index in [2.05, 4.69) is 19.9 Å². The highest BCUT2D eigenvalue weighted by Gasteiger charge is 2.37. The number of amides is 1. The number of methoxy groups -OCH3 is 1. The lowest BCUT2D eigenvalue weighted by atomic mass is 10.0. The maximum atomic E-state index is 12.7. The lowest BCUT2D eigenvalue weighted by Crippen LogP contribution is -2.48. The van der Waals surface area contributed by atoms with Gasteiger partial charge in [-0.05, 0) is 37.8 Å². The minimum atomic E-state index is -4.52. The molecular weight excluding hydrogens is 399 g/mol. The van der Waals surface area contributed by atoms with Gasteiger partial charge in [0.1, 0.15) is 17.8 Å². The van der Waals surface area contributed by atoms with Crippen molar-refractivity contribution >= 4 is 11.7 Å². The Kier molecular flexibility index (Phi) is 5.48. The van der Waals surface area contributed by atoms with E-state index in [9.17, 15) is 18.0 Å². The van der Waals surface area contributed by atoms with Gasteiger partial charge in [0.15, 0.2) is 0 Å². The first-order chi connectivity index (χ1) is 14.4. The first kappa shape index (κ1) is 20.4. The van der Waals surface area contributed by atoms with E-state index in [0.717, 1.165) is 43.8 Å². The van der Waals surface area contributed by atoms with Crippen LogP contribution in [0, 0.1) is 0 Å². The summed E-state index contributed by atoms with van der Waals surface area (Å²) < 4.78 is 43.2. The lowest BCUT2D eigenvalue weighted by molar-refractivity contribution is -0.141. The number of hydrogen-bond acceptors (Lipinski definition) is 6. The third-order valence-electron chi connectivity index (χ3n) is 5.49. The summed E-state index contributed by atoms with van der Waals surface area (Å²) in [6.45, 7) is 1.05. The van der Waals surface area contributed by atoms with Crippen LogP contribution in [-0.4, -0.2) is 58.0 Å². The molecule has 160 valence electrons. The molecule has 2 aliphatic rings. The number of likely N-dealkylation sites (tertiary alicyclic amines) is 1. The largest absolute Gasteiger partial charge is 0.481 e. The summed E-state index contributed by atoms with van der Waals surface area (Å²) in [7, 11) is 1.56. The van der Waals surface area contributed by atoms with Crippen molar-refractivity contribution < 1.29 is 22.7 Å². The fourth-order valence-electron chi connectivity index (χ4n) is 3.83. The van der Waals surface area contributed by atoms with Gasteiger partial charge in [-0.2, -0.15) is 13.2 Å². The second-order valence-electron chi connectivity index (χ2n) is 7.51. The first-order valence-electron chi connectivity index (χ1n) is 9.83. The quantitative estimate of drug-likeness (QED) is 0.739. The molecule has 0 bridgehead atoms. The van der Waals surface area contributed by atoms with E-state index in [1.54, 1.807) is 12.0 Å². The summed E-state index contributed by atoms with van der Waals surface area (Å²) in [6, 6.07) is 4.51. The molecule has 1 aliphatic carbocycles. The van der Waals surface area contributed by atoms with E-state index >= 15 is 0 Å². The van der Waals surface area contributed by atoms with Gasteiger partial charge in [0.25, 0.3) is 5.91 Å². The van der Waals surface area contributed by atoms with Crippen LogP contribution in [0.5, 0.6) is 5.88 Å². The van der Waals surface area contributed by atoms with E-state index < -0.39 is 11.9 Å². The van der Waals surface area contributed by atoms with E-state index in [1.165, 1.54) is 12.4 Å². The molecule has 1 saturated carbocycles. The fraction of sp³-hybridized carbons (Fsp3) is 0.500. The number of piperidine rings is 1. The summed E-state index contributed by atoms with van der Waals surface area (Å²) >= 11 is 0. The molecule has 1 aliphatic heterocycles. The topological polar surface area (TPSA) is 71.5 Å². The minimum Gasteiger partial charge on any atom is -0.481 e. The number of carbonyl (C=O) groups excluding carboxylic acids is 1. The Balaban J connectivity index is 1.41. The van der Waals surface area contributed by atoms with Crippen LogP contribution < -0.4 is 9.64 Å². The molecule has 10 heteroatoms. The van der Waals surface area contributed by atoms with Gasteiger partial charge in [0.2, 0.25) is 5.88 Å². The highest BCUT2D eigenvalue weighted by Crippen LogP contribution is 2.36. The molecule has 7 nitrogen and oxygen atoms in total. The second-order valence-corrected chi connectivity index (χ2v) is 7.51. The average Bonchev–Trinajstić information content (AvgIpc) is 3.59. The van der Waals surface area contributed by atoms with Crippen LogP contribution in [0.2, 0.25) is 0 Å². The normalized spacial score (nSPS) is 17.7. The van der Waals surface area contributed by atoms with Crippen LogP contribution in [0.25, 0.3) is 0 Å². The molecule has 30 heavy (non-hydrogen) atoms. The van der Waals surface area contributed by atoms with E-state index in [4.69, 9.17) is 4.74 Å². The maximum Gasteiger partial charge on any atom is 0.433 e. The third-order valence-corrected chi connectivity index (χ3v) is 5.49. The summed E-state index contributed by atoms with van der Waals surface area (Å²) in [5.74, 6) is 1.03. The molecule has 2 fully saturated rings. The van der Waals surface area contributed by atoms with Crippen LogP contribution in [0.1, 0.15) is 41.7 Å². The molecule has 2 aromatic heterocycles. The highest BCUT2D eigenvalue weighted by molar-refractivity contribution is 5.94. The zero-order valence-electron chi connectivity index (χ0n) is 16.5. The number of rotatable bonds is 5. The number of aromatic nitrogens is 3. The maximum absolute atomic E-state index is 12.7. The van der Waals surface area contributed by atoms with E-state index in [-0.39, 0.29) is 17.5 Å². The fourth-order valence-corrected chi connectivity index (χ4v) is 3.83. The molecule has 2 aromatic rings. The Morgan fingerprint density at radius 1 is 1.10 bits per heavy atom. The predicted molar refractivity (Wildman–Crippen MR) is 102 cm³/mol. The van der Waals surface area contributed by atoms with Crippen molar-refractivity contribution in [3.63, 3.8) is 0 Å². The number of ether oxygens (including phenoxy) is 1. The molecular formula is C20H22F3N5O2. The van der Waals surface area contributed by atoms with Gasteiger partial charge in [-0.1, -0.05) is 0 Å². The Morgan fingerprint density at radius 3 is 2.37 bits per heavy atom. The monoisotopic (exact) mass is 421 g/mol. The molecule has 0 atom stereocenters. The van der Waals surface area contributed by atoms with Gasteiger partial charge >= 0.3 is 6.18 Å². The first-order valence-corrected chi connectivity index (χ1v) is 9.83. The van der Waals surface area contributed by atoms with Crippen molar-refractivity contribution in [2.75, 3.05) is 25.1 Å². The SMILES string of the molecule is COc1cc(N(C2CC2)C2CCN(C(=O)c3ccc(C(F)(F)F)nc3)CC2)ncn1. The van der Waals surface area contributed by atoms with Crippen molar-refractivity contribution in [1.82, 2.24) is 19.9 Å². The Bertz CT molecular complexity index is 894. The summed E-state index contributed by atoms with van der Waals surface area (Å²) in [5, 5.41) is 0. The zero-order valence-corrected chi connectivity index (χ0v) is 16.5. The molecule has 1 saturated heterocycles. The van der Waals surface area contributed by atoms with Gasteiger partial charge in [0.05, 0.1) is 12.7 Å². The van der Waals surface area contributed by atoms with Crippen molar-refractivity contribution in [2.45, 2.75) is 43.9 Å². The Labute approximate surface area is 171 Å². The summed E-state index contributed by atoms with van der Waals surface area (Å²) in [4.78, 5) is 28.5. The van der Waals surface area contributed by atoms with Crippen LogP contribution in [0.15, 0.2) is 30.7 Å². The third kappa shape index (κ3) is 4.31. The van der Waals surface area contributed by atoms with Crippen LogP contribution in [0.4, 0.5) is 19.0 Å². The number of halogens is 3. The van der Waals surface area contributed by atoms with Gasteiger partial charge in [-0.3, -0.25) is 9.78 Å². The van der Waals surface area contributed by atoms with Gasteiger partial charge in [-0.25, -0.2) is 9.97 Å². The smallest absolute Gasteiger partial charge is 0.433 e. The molecule has 0 unspecified atom stereocenters. The summed E-state index contributed by atoms with van der Waals surface area (Å²) in [6.07, 6.45) is 1.67. The van der Waals surface area contributed by atoms with Crippen LogP contribution >= 0.6 is 0 Å². The molecule has 1 amide bonds. The molecule has 4 rings (SSSR count). The minimum absolute atomic E-state index is 0.168. The van der Waals surface area contributed by atoms with Crippen molar-refractivity contribution in [3.05, 3.63) is 42.0 Å². The molecule has 0 spiro atoms. The summed E-state index contributed by atoms with van der Waals surface area (Å²) in [5.41, 5.74) is -0.834. The number of hydrogen-bond donors (Lipinski definition) is 0. The van der Waals surface area contributed by atoms with Crippen LogP contribution in [-0.2, 0) is 6.18 Å². The number of nitrogens with zero attached hydrogens (tertiary/aromatic N) is 5. The van der Waals surface area contributed by atoms with Crippen molar-refractivity contribution in [2.24, 2.45) is 0 Å². The number of alkyl halides is 3. The van der Waals surface area contributed by atoms with Crippen LogP contribution in [0.3, 0.4) is 0 Å². The molecule has 0 N–H and O–H groups in total. The number of anilines is 1. The van der Waals surface area contributed by atoms with Gasteiger partial charge in [-0.15, -0.1) is 0 Å². The number of carbonyl (C=O) groups is 1. The molecule has 0 radical (unpaired) electrons. The second kappa shape index (κ2) is 8.08. The van der Waals surface area contributed by atoms with Crippen molar-refractivity contribution in [1.29, 1.82) is 0 Å². The highest BCUT2D eigenvalue weighted by atomic mass is 19.4. The average molecular weight is 421 g/mol. The standard InChI is InChI=1S/C20H22F3N5O2/c1-30-18-10-17(25-12-26-18)28(14-3-4-14)15-6-8-27(9-7-15)19(29)13-2-5-16(24-11-13)20(21,22)23/h2,5,10-12,14-15H,3-4,6-9H2,1H3. The van der Waals surface area contributed by atoms with Crippen molar-refractivity contribution in [3.8, 4) is 5.88 Å². The Hall–Kier alpha value is -2.91. The van der Waals surface area contributed by atoms with Gasteiger partial charge < -0.3 is 14.5 Å². The zero-order chi connectivity index (χ0) is 21.3. The van der Waals surface area contributed by atoms with E-state index in [0.29, 0.717) is 25.0 Å². The molecule has 3 heterocycles. The van der Waals surface area contributed by atoms with E-state index in [1.807, 2.05) is 6.07 Å². The Morgan fingerprint density at radius 2 is 1.80 bits per heavy atom. The lowest BCUT2D eigenvalue weighted by Gasteiger charge is -2.39. The van der Waals surface area contributed by atoms with Gasteiger partial charge in [0, 0.05) is 37.4 Å².